The van der Waals surface area contributed by atoms with E-state index < -0.39 is 18.0 Å². The molecule has 1 heterocycles. The van der Waals surface area contributed by atoms with Crippen LogP contribution in [0.4, 0.5) is 4.79 Å². The molecule has 1 atom stereocenters. The average Bonchev–Trinajstić information content (AvgIpc) is 2.95. The number of benzene rings is 1. The van der Waals surface area contributed by atoms with Crippen LogP contribution < -0.4 is 5.73 Å². The molecular formula is C13H14N4O4. The zero-order valence-corrected chi connectivity index (χ0v) is 11.3. The van der Waals surface area contributed by atoms with E-state index >= 15 is 0 Å². The van der Waals surface area contributed by atoms with E-state index in [0.717, 1.165) is 10.5 Å². The van der Waals surface area contributed by atoms with Crippen LogP contribution in [0.15, 0.2) is 34.7 Å². The van der Waals surface area contributed by atoms with E-state index in [0.29, 0.717) is 6.42 Å². The van der Waals surface area contributed by atoms with Crippen molar-refractivity contribution in [2.75, 3.05) is 7.05 Å². The fraction of sp³-hybridized carbons (Fsp3) is 0.231. The fourth-order valence-corrected chi connectivity index (χ4v) is 1.83. The number of nitrogens with two attached hydrogens (primary N) is 1. The highest BCUT2D eigenvalue weighted by Crippen LogP contribution is 2.23. The van der Waals surface area contributed by atoms with Crippen molar-refractivity contribution in [3.8, 4) is 0 Å². The Kier molecular flexibility index (Phi) is 4.17. The molecule has 8 heteroatoms. The molecule has 2 rings (SSSR count). The lowest BCUT2D eigenvalue weighted by atomic mass is 10.1. The van der Waals surface area contributed by atoms with Gasteiger partial charge >= 0.3 is 17.9 Å². The molecule has 0 saturated heterocycles. The van der Waals surface area contributed by atoms with Crippen LogP contribution in [-0.2, 0) is 6.42 Å². The molecule has 2 amide bonds. The standard InChI is InChI=1S/C13H14N4O4/c1-17(13(19)20)9(7-8-5-3-2-4-6-8)11-15-16-12(21-11)10(14)18/h2-6,9H,7H2,1H3,(H2,14,18)(H,19,20)/t9-/m1/s1. The van der Waals surface area contributed by atoms with Gasteiger partial charge in [-0.2, -0.15) is 0 Å². The molecule has 0 aliphatic rings. The van der Waals surface area contributed by atoms with Gasteiger partial charge < -0.3 is 15.3 Å². The van der Waals surface area contributed by atoms with E-state index in [9.17, 15) is 9.59 Å². The third-order valence-corrected chi connectivity index (χ3v) is 2.98. The Morgan fingerprint density at radius 1 is 1.33 bits per heavy atom. The number of carbonyl (C=O) groups excluding carboxylic acids is 1. The summed E-state index contributed by atoms with van der Waals surface area (Å²) in [6.07, 6.45) is -0.806. The van der Waals surface area contributed by atoms with Crippen molar-refractivity contribution >= 4 is 12.0 Å². The van der Waals surface area contributed by atoms with Crippen molar-refractivity contribution in [2.45, 2.75) is 12.5 Å². The van der Waals surface area contributed by atoms with Gasteiger partial charge in [-0.3, -0.25) is 9.69 Å². The zero-order valence-electron chi connectivity index (χ0n) is 11.3. The van der Waals surface area contributed by atoms with E-state index in [1.165, 1.54) is 7.05 Å². The fourth-order valence-electron chi connectivity index (χ4n) is 1.83. The summed E-state index contributed by atoms with van der Waals surface area (Å²) in [5.74, 6) is -1.18. The van der Waals surface area contributed by atoms with Crippen LogP contribution in [0.5, 0.6) is 0 Å². The summed E-state index contributed by atoms with van der Waals surface area (Å²) in [5.41, 5.74) is 5.95. The van der Waals surface area contributed by atoms with Crippen molar-refractivity contribution in [2.24, 2.45) is 5.73 Å². The van der Waals surface area contributed by atoms with Gasteiger partial charge in [0.1, 0.15) is 6.04 Å². The molecule has 0 bridgehead atoms. The Labute approximate surface area is 120 Å². The van der Waals surface area contributed by atoms with Gasteiger partial charge in [-0.05, 0) is 5.56 Å². The average molecular weight is 290 g/mol. The van der Waals surface area contributed by atoms with Crippen molar-refractivity contribution in [3.63, 3.8) is 0 Å². The Morgan fingerprint density at radius 2 is 2.00 bits per heavy atom. The lowest BCUT2D eigenvalue weighted by Crippen LogP contribution is -2.31. The molecule has 1 aromatic carbocycles. The van der Waals surface area contributed by atoms with Gasteiger partial charge in [0.15, 0.2) is 0 Å². The summed E-state index contributed by atoms with van der Waals surface area (Å²) in [6, 6.07) is 8.55. The van der Waals surface area contributed by atoms with Crippen LogP contribution >= 0.6 is 0 Å². The van der Waals surface area contributed by atoms with Crippen LogP contribution in [0.1, 0.15) is 28.2 Å². The van der Waals surface area contributed by atoms with E-state index in [2.05, 4.69) is 10.2 Å². The van der Waals surface area contributed by atoms with E-state index in [1.54, 1.807) is 0 Å². The molecule has 8 nitrogen and oxygen atoms in total. The second kappa shape index (κ2) is 6.04. The number of primary amides is 1. The zero-order chi connectivity index (χ0) is 15.4. The first kappa shape index (κ1) is 14.5. The SMILES string of the molecule is CN(C(=O)O)[C@H](Cc1ccccc1)c1nnc(C(N)=O)o1. The molecule has 0 spiro atoms. The van der Waals surface area contributed by atoms with Crippen LogP contribution in [0.3, 0.4) is 0 Å². The largest absolute Gasteiger partial charge is 0.465 e. The molecule has 21 heavy (non-hydrogen) atoms. The number of hydrogen-bond acceptors (Lipinski definition) is 5. The molecule has 0 saturated carbocycles. The minimum atomic E-state index is -1.14. The van der Waals surface area contributed by atoms with Gasteiger partial charge in [0.25, 0.3) is 0 Å². The molecule has 3 N–H and O–H groups in total. The molecule has 0 radical (unpaired) electrons. The van der Waals surface area contributed by atoms with Gasteiger partial charge in [-0.1, -0.05) is 30.3 Å². The number of nitrogens with zero attached hydrogens (tertiary/aromatic N) is 3. The molecule has 0 aliphatic carbocycles. The highest BCUT2D eigenvalue weighted by Gasteiger charge is 2.27. The Bertz CT molecular complexity index is 641. The van der Waals surface area contributed by atoms with Gasteiger partial charge in [-0.25, -0.2) is 4.79 Å². The number of hydrogen-bond donors (Lipinski definition) is 2. The summed E-state index contributed by atoms with van der Waals surface area (Å²) in [7, 11) is 1.39. The van der Waals surface area contributed by atoms with E-state index in [4.69, 9.17) is 15.3 Å². The smallest absolute Gasteiger partial charge is 0.407 e. The third kappa shape index (κ3) is 3.35. The summed E-state index contributed by atoms with van der Waals surface area (Å²) in [6.45, 7) is 0. The number of carboxylic acid groups (broad SMARTS) is 1. The van der Waals surface area contributed by atoms with Gasteiger partial charge in [-0.15, -0.1) is 10.2 Å². The van der Waals surface area contributed by atoms with Crippen LogP contribution in [0, 0.1) is 0 Å². The number of rotatable bonds is 5. The summed E-state index contributed by atoms with van der Waals surface area (Å²) in [4.78, 5) is 23.2. The first-order valence-electron chi connectivity index (χ1n) is 6.12. The second-order valence-electron chi connectivity index (χ2n) is 4.41. The molecule has 110 valence electrons. The van der Waals surface area contributed by atoms with Crippen LogP contribution in [0.25, 0.3) is 0 Å². The molecule has 0 unspecified atom stereocenters. The number of likely N-dealkylation sites (N-methyl/N-ethyl adjacent to an activating group) is 1. The second-order valence-corrected chi connectivity index (χ2v) is 4.41. The van der Waals surface area contributed by atoms with Crippen molar-refractivity contribution in [1.82, 2.24) is 15.1 Å². The lowest BCUT2D eigenvalue weighted by Gasteiger charge is -2.22. The summed E-state index contributed by atoms with van der Waals surface area (Å²) in [5, 5.41) is 16.4. The predicted molar refractivity (Wildman–Crippen MR) is 71.5 cm³/mol. The van der Waals surface area contributed by atoms with Gasteiger partial charge in [0.2, 0.25) is 5.89 Å². The number of carbonyl (C=O) groups is 2. The first-order chi connectivity index (χ1) is 9.99. The minimum Gasteiger partial charge on any atom is -0.465 e. The van der Waals surface area contributed by atoms with E-state index in [-0.39, 0.29) is 11.8 Å². The Hall–Kier alpha value is -2.90. The maximum atomic E-state index is 11.2. The monoisotopic (exact) mass is 290 g/mol. The van der Waals surface area contributed by atoms with Crippen molar-refractivity contribution < 1.29 is 19.1 Å². The van der Waals surface area contributed by atoms with Crippen molar-refractivity contribution in [3.05, 3.63) is 47.7 Å². The van der Waals surface area contributed by atoms with Crippen LogP contribution in [-0.4, -0.2) is 39.3 Å². The summed E-state index contributed by atoms with van der Waals surface area (Å²) < 4.78 is 5.15. The van der Waals surface area contributed by atoms with Crippen LogP contribution in [0.2, 0.25) is 0 Å². The summed E-state index contributed by atoms with van der Waals surface area (Å²) >= 11 is 0. The van der Waals surface area contributed by atoms with E-state index in [1.807, 2.05) is 30.3 Å². The number of aromatic nitrogens is 2. The molecule has 0 fully saturated rings. The lowest BCUT2D eigenvalue weighted by molar-refractivity contribution is 0.0960. The third-order valence-electron chi connectivity index (χ3n) is 2.98. The highest BCUT2D eigenvalue weighted by molar-refractivity contribution is 5.87. The predicted octanol–water partition coefficient (Wildman–Crippen LogP) is 1.06. The Balaban J connectivity index is 2.31. The molecule has 2 aromatic rings. The maximum Gasteiger partial charge on any atom is 0.407 e. The normalized spacial score (nSPS) is 11.9. The Morgan fingerprint density at radius 3 is 2.52 bits per heavy atom. The molecule has 1 aromatic heterocycles. The molecular weight excluding hydrogens is 276 g/mol. The molecule has 0 aliphatic heterocycles. The maximum absolute atomic E-state index is 11.2. The highest BCUT2D eigenvalue weighted by atomic mass is 16.4. The quantitative estimate of drug-likeness (QED) is 0.848. The number of amides is 2. The van der Waals surface area contributed by atoms with Gasteiger partial charge in [0.05, 0.1) is 0 Å². The van der Waals surface area contributed by atoms with Crippen molar-refractivity contribution in [1.29, 1.82) is 0 Å². The first-order valence-corrected chi connectivity index (χ1v) is 6.12. The van der Waals surface area contributed by atoms with Gasteiger partial charge in [0, 0.05) is 13.5 Å². The topological polar surface area (TPSA) is 123 Å². The minimum absolute atomic E-state index is 0.0255.